The molecule has 3 nitrogen and oxygen atoms in total. The van der Waals surface area contributed by atoms with E-state index in [9.17, 15) is 0 Å². The monoisotopic (exact) mass is 337 g/mol. The number of nitrogen functional groups attached to an aromatic ring is 1. The van der Waals surface area contributed by atoms with Crippen LogP contribution in [0.1, 0.15) is 11.1 Å². The van der Waals surface area contributed by atoms with Gasteiger partial charge in [0.1, 0.15) is 10.0 Å². The van der Waals surface area contributed by atoms with Gasteiger partial charge in [-0.2, -0.15) is 5.10 Å². The zero-order chi connectivity index (χ0) is 15.0. The summed E-state index contributed by atoms with van der Waals surface area (Å²) in [7, 11) is 0. The Kier molecular flexibility index (Phi) is 3.93. The highest BCUT2D eigenvalue weighted by Gasteiger charge is 2.15. The van der Waals surface area contributed by atoms with Crippen molar-refractivity contribution in [3.05, 3.63) is 56.3 Å². The van der Waals surface area contributed by atoms with Crippen LogP contribution in [0, 0.1) is 6.92 Å². The molecule has 0 aliphatic heterocycles. The normalized spacial score (nSPS) is 11.0. The third-order valence-corrected chi connectivity index (χ3v) is 4.78. The van der Waals surface area contributed by atoms with Gasteiger partial charge in [0.25, 0.3) is 0 Å². The smallest absolute Gasteiger partial charge is 0.118 e. The molecule has 2 heterocycles. The fraction of sp³-hybridized carbons (Fsp3) is 0.133. The first-order valence-corrected chi connectivity index (χ1v) is 7.94. The van der Waals surface area contributed by atoms with Crippen LogP contribution in [0.5, 0.6) is 0 Å². The first-order valence-electron chi connectivity index (χ1n) is 6.37. The molecule has 0 fully saturated rings. The van der Waals surface area contributed by atoms with Crippen LogP contribution < -0.4 is 5.73 Å². The van der Waals surface area contributed by atoms with Crippen LogP contribution in [0.3, 0.4) is 0 Å². The summed E-state index contributed by atoms with van der Waals surface area (Å²) in [6.07, 6.45) is 1.82. The van der Waals surface area contributed by atoms with Crippen molar-refractivity contribution in [1.29, 1.82) is 0 Å². The minimum atomic E-state index is 0.597. The number of aromatic nitrogens is 2. The highest BCUT2D eigenvalue weighted by atomic mass is 35.5. The maximum Gasteiger partial charge on any atom is 0.118 e. The molecule has 3 aromatic rings. The van der Waals surface area contributed by atoms with Crippen LogP contribution in [-0.4, -0.2) is 9.78 Å². The lowest BCUT2D eigenvalue weighted by molar-refractivity contribution is 0.687. The summed E-state index contributed by atoms with van der Waals surface area (Å²) in [4.78, 5) is 0. The van der Waals surface area contributed by atoms with E-state index >= 15 is 0 Å². The summed E-state index contributed by atoms with van der Waals surface area (Å²) in [5, 5.41) is 4.55. The molecule has 3 rings (SSSR count). The van der Waals surface area contributed by atoms with E-state index in [4.69, 9.17) is 28.9 Å². The molecule has 6 heteroatoms. The average Bonchev–Trinajstić information content (AvgIpc) is 2.95. The van der Waals surface area contributed by atoms with E-state index in [0.717, 1.165) is 5.56 Å². The molecule has 0 aliphatic carbocycles. The van der Waals surface area contributed by atoms with Gasteiger partial charge >= 0.3 is 0 Å². The Morgan fingerprint density at radius 1 is 1.29 bits per heavy atom. The van der Waals surface area contributed by atoms with Gasteiger partial charge in [0.2, 0.25) is 0 Å². The maximum absolute atomic E-state index is 6.18. The number of nitrogens with zero attached hydrogens (tertiary/aromatic N) is 2. The summed E-state index contributed by atoms with van der Waals surface area (Å²) < 4.78 is 3.06. The molecular formula is C15H13Cl2N3S. The number of anilines is 1. The molecule has 0 amide bonds. The second-order valence-electron chi connectivity index (χ2n) is 4.80. The summed E-state index contributed by atoms with van der Waals surface area (Å²) in [5.74, 6) is 0. The van der Waals surface area contributed by atoms with Gasteiger partial charge in [0, 0.05) is 11.8 Å². The molecule has 0 saturated carbocycles. The first kappa shape index (κ1) is 14.4. The van der Waals surface area contributed by atoms with Crippen LogP contribution in [0.4, 0.5) is 5.69 Å². The summed E-state index contributed by atoms with van der Waals surface area (Å²) in [5.41, 5.74) is 10.6. The van der Waals surface area contributed by atoms with Crippen molar-refractivity contribution in [1.82, 2.24) is 9.78 Å². The third-order valence-electron chi connectivity index (χ3n) is 3.30. The van der Waals surface area contributed by atoms with Crippen molar-refractivity contribution in [2.45, 2.75) is 13.5 Å². The van der Waals surface area contributed by atoms with Crippen molar-refractivity contribution in [3.63, 3.8) is 0 Å². The number of aryl methyl sites for hydroxylation is 1. The number of hydrogen-bond acceptors (Lipinski definition) is 3. The first-order chi connectivity index (χ1) is 10.0. The largest absolute Gasteiger partial charge is 0.396 e. The predicted molar refractivity (Wildman–Crippen MR) is 90.3 cm³/mol. The van der Waals surface area contributed by atoms with Gasteiger partial charge in [-0.15, -0.1) is 11.3 Å². The predicted octanol–water partition coefficient (Wildman–Crippen LogP) is 4.86. The van der Waals surface area contributed by atoms with Gasteiger partial charge < -0.3 is 5.73 Å². The molecule has 1 aromatic carbocycles. The van der Waals surface area contributed by atoms with Crippen LogP contribution >= 0.6 is 34.5 Å². The molecule has 0 saturated heterocycles. The topological polar surface area (TPSA) is 43.8 Å². The Bertz CT molecular complexity index is 792. The summed E-state index contributed by atoms with van der Waals surface area (Å²) >= 11 is 13.5. The molecule has 21 heavy (non-hydrogen) atoms. The molecule has 0 spiro atoms. The zero-order valence-corrected chi connectivity index (χ0v) is 13.6. The molecule has 108 valence electrons. The molecule has 0 unspecified atom stereocenters. The highest BCUT2D eigenvalue weighted by Crippen LogP contribution is 2.39. The van der Waals surface area contributed by atoms with E-state index in [0.29, 0.717) is 26.6 Å². The van der Waals surface area contributed by atoms with E-state index in [-0.39, 0.29) is 0 Å². The Morgan fingerprint density at radius 3 is 2.71 bits per heavy atom. The van der Waals surface area contributed by atoms with Crippen LogP contribution in [0.25, 0.3) is 11.3 Å². The SMILES string of the molecule is Cc1ccccc1Cn1cc(N)c(-c2cc(Cl)sc2Cl)n1. The highest BCUT2D eigenvalue weighted by molar-refractivity contribution is 7.20. The quantitative estimate of drug-likeness (QED) is 0.741. The van der Waals surface area contributed by atoms with Crippen LogP contribution in [-0.2, 0) is 6.54 Å². The van der Waals surface area contributed by atoms with Gasteiger partial charge in [-0.3, -0.25) is 4.68 Å². The van der Waals surface area contributed by atoms with Crippen molar-refractivity contribution in [3.8, 4) is 11.3 Å². The van der Waals surface area contributed by atoms with E-state index < -0.39 is 0 Å². The van der Waals surface area contributed by atoms with E-state index in [1.54, 1.807) is 6.07 Å². The lowest BCUT2D eigenvalue weighted by Gasteiger charge is -2.05. The Labute approximate surface area is 136 Å². The third kappa shape index (κ3) is 2.93. The standard InChI is InChI=1S/C15H13Cl2N3S/c1-9-4-2-3-5-10(9)7-20-8-12(18)14(19-20)11-6-13(16)21-15(11)17/h2-6,8H,7,18H2,1H3. The number of hydrogen-bond donors (Lipinski definition) is 1. The molecule has 0 aliphatic rings. The lowest BCUT2D eigenvalue weighted by Crippen LogP contribution is -2.02. The van der Waals surface area contributed by atoms with Gasteiger partial charge in [0.15, 0.2) is 0 Å². The average molecular weight is 338 g/mol. The Balaban J connectivity index is 1.95. The second kappa shape index (κ2) is 5.72. The maximum atomic E-state index is 6.18. The van der Waals surface area contributed by atoms with Crippen molar-refractivity contribution < 1.29 is 0 Å². The van der Waals surface area contributed by atoms with Gasteiger partial charge in [0.05, 0.1) is 16.6 Å². The zero-order valence-electron chi connectivity index (χ0n) is 11.3. The molecule has 2 aromatic heterocycles. The number of rotatable bonds is 3. The van der Waals surface area contributed by atoms with Crippen molar-refractivity contribution in [2.24, 2.45) is 0 Å². The summed E-state index contributed by atoms with van der Waals surface area (Å²) in [6.45, 7) is 2.75. The fourth-order valence-corrected chi connectivity index (χ4v) is 3.66. The van der Waals surface area contributed by atoms with Crippen LogP contribution in [0.2, 0.25) is 8.67 Å². The second-order valence-corrected chi connectivity index (χ2v) is 7.08. The minimum absolute atomic E-state index is 0.597. The lowest BCUT2D eigenvalue weighted by atomic mass is 10.1. The van der Waals surface area contributed by atoms with Crippen LogP contribution in [0.15, 0.2) is 36.5 Å². The molecular weight excluding hydrogens is 325 g/mol. The summed E-state index contributed by atoms with van der Waals surface area (Å²) in [6, 6.07) is 10.0. The van der Waals surface area contributed by atoms with Crippen molar-refractivity contribution >= 4 is 40.2 Å². The van der Waals surface area contributed by atoms with Crippen molar-refractivity contribution in [2.75, 3.05) is 5.73 Å². The van der Waals surface area contributed by atoms with Gasteiger partial charge in [-0.25, -0.2) is 0 Å². The molecule has 0 radical (unpaired) electrons. The van der Waals surface area contributed by atoms with E-state index in [1.165, 1.54) is 22.5 Å². The fourth-order valence-electron chi connectivity index (χ4n) is 2.19. The number of benzene rings is 1. The van der Waals surface area contributed by atoms with Gasteiger partial charge in [-0.1, -0.05) is 47.5 Å². The molecule has 0 atom stereocenters. The Hall–Kier alpha value is -1.49. The molecule has 0 bridgehead atoms. The molecule has 2 N–H and O–H groups in total. The van der Waals surface area contributed by atoms with E-state index in [2.05, 4.69) is 24.2 Å². The minimum Gasteiger partial charge on any atom is -0.396 e. The van der Waals surface area contributed by atoms with E-state index in [1.807, 2.05) is 23.0 Å². The number of thiophene rings is 1. The number of nitrogens with two attached hydrogens (primary N) is 1. The van der Waals surface area contributed by atoms with Gasteiger partial charge in [-0.05, 0) is 24.1 Å². The Morgan fingerprint density at radius 2 is 2.05 bits per heavy atom. The number of halogens is 2.